The largest absolute Gasteiger partial charge is 0.367 e. The molecular formula is C18H19N5O. The SMILES string of the molecule is C[C@H](NC(=O)c1ccc(NC2CC2)nc1)c1nc2ccccc2[nH]1. The van der Waals surface area contributed by atoms with Gasteiger partial charge in [-0.25, -0.2) is 9.97 Å². The second kappa shape index (κ2) is 5.96. The average Bonchev–Trinajstić information content (AvgIpc) is 3.29. The predicted octanol–water partition coefficient (Wildman–Crippen LogP) is 3.02. The zero-order valence-electron chi connectivity index (χ0n) is 13.4. The first-order valence-electron chi connectivity index (χ1n) is 8.17. The van der Waals surface area contributed by atoms with Crippen LogP contribution >= 0.6 is 0 Å². The maximum absolute atomic E-state index is 12.4. The van der Waals surface area contributed by atoms with Crippen molar-refractivity contribution in [1.82, 2.24) is 20.3 Å². The number of aromatic amines is 1. The number of anilines is 1. The minimum Gasteiger partial charge on any atom is -0.367 e. The predicted molar refractivity (Wildman–Crippen MR) is 92.9 cm³/mol. The number of hydrogen-bond acceptors (Lipinski definition) is 4. The molecule has 0 unspecified atom stereocenters. The molecule has 3 aromatic rings. The fraction of sp³-hybridized carbons (Fsp3) is 0.278. The van der Waals surface area contributed by atoms with Gasteiger partial charge in [0, 0.05) is 12.2 Å². The fourth-order valence-electron chi connectivity index (χ4n) is 2.58. The Balaban J connectivity index is 1.44. The highest BCUT2D eigenvalue weighted by Gasteiger charge is 2.21. The number of H-pyrrole nitrogens is 1. The molecule has 2 heterocycles. The van der Waals surface area contributed by atoms with E-state index >= 15 is 0 Å². The van der Waals surface area contributed by atoms with Crippen LogP contribution in [0.2, 0.25) is 0 Å². The Bertz CT molecular complexity index is 834. The summed E-state index contributed by atoms with van der Waals surface area (Å²) in [7, 11) is 0. The second-order valence-corrected chi connectivity index (χ2v) is 6.19. The molecule has 0 radical (unpaired) electrons. The van der Waals surface area contributed by atoms with Crippen molar-refractivity contribution in [3.8, 4) is 0 Å². The number of nitrogens with one attached hydrogen (secondary N) is 3. The van der Waals surface area contributed by atoms with Gasteiger partial charge in [0.2, 0.25) is 0 Å². The van der Waals surface area contributed by atoms with E-state index in [9.17, 15) is 4.79 Å². The number of hydrogen-bond donors (Lipinski definition) is 3. The van der Waals surface area contributed by atoms with Crippen molar-refractivity contribution < 1.29 is 4.79 Å². The van der Waals surface area contributed by atoms with Crippen molar-refractivity contribution in [3.63, 3.8) is 0 Å². The molecule has 1 fully saturated rings. The number of pyridine rings is 1. The Morgan fingerprint density at radius 2 is 2.08 bits per heavy atom. The minimum atomic E-state index is -0.214. The molecule has 6 nitrogen and oxygen atoms in total. The summed E-state index contributed by atoms with van der Waals surface area (Å²) in [6, 6.07) is 11.8. The van der Waals surface area contributed by atoms with Crippen molar-refractivity contribution in [1.29, 1.82) is 0 Å². The number of nitrogens with zero attached hydrogens (tertiary/aromatic N) is 2. The molecule has 0 spiro atoms. The van der Waals surface area contributed by atoms with E-state index in [4.69, 9.17) is 0 Å². The summed E-state index contributed by atoms with van der Waals surface area (Å²) in [5.74, 6) is 1.40. The highest BCUT2D eigenvalue weighted by Crippen LogP contribution is 2.23. The van der Waals surface area contributed by atoms with Crippen LogP contribution in [-0.2, 0) is 0 Å². The van der Waals surface area contributed by atoms with Gasteiger partial charge in [0.25, 0.3) is 5.91 Å². The van der Waals surface area contributed by atoms with E-state index in [2.05, 4.69) is 25.6 Å². The Kier molecular flexibility index (Phi) is 3.65. The molecule has 1 aliphatic carbocycles. The van der Waals surface area contributed by atoms with Crippen molar-refractivity contribution in [2.75, 3.05) is 5.32 Å². The van der Waals surface area contributed by atoms with Crippen LogP contribution in [0.1, 0.15) is 42.0 Å². The first kappa shape index (κ1) is 14.7. The monoisotopic (exact) mass is 321 g/mol. The molecule has 1 aromatic carbocycles. The Morgan fingerprint density at radius 3 is 2.79 bits per heavy atom. The van der Waals surface area contributed by atoms with Gasteiger partial charge >= 0.3 is 0 Å². The molecule has 1 aliphatic rings. The first-order chi connectivity index (χ1) is 11.7. The molecule has 4 rings (SSSR count). The summed E-state index contributed by atoms with van der Waals surface area (Å²) in [6.07, 6.45) is 3.99. The highest BCUT2D eigenvalue weighted by atomic mass is 16.1. The van der Waals surface area contributed by atoms with E-state index in [1.165, 1.54) is 12.8 Å². The molecule has 1 atom stereocenters. The van der Waals surface area contributed by atoms with Crippen LogP contribution in [0.25, 0.3) is 11.0 Å². The normalized spacial score (nSPS) is 15.2. The van der Waals surface area contributed by atoms with Gasteiger partial charge in [-0.15, -0.1) is 0 Å². The summed E-state index contributed by atoms with van der Waals surface area (Å²) in [5, 5.41) is 6.26. The number of para-hydroxylation sites is 2. The number of carbonyl (C=O) groups excluding carboxylic acids is 1. The molecule has 24 heavy (non-hydrogen) atoms. The van der Waals surface area contributed by atoms with Gasteiger partial charge in [-0.05, 0) is 44.0 Å². The lowest BCUT2D eigenvalue weighted by molar-refractivity contribution is 0.0938. The van der Waals surface area contributed by atoms with Crippen LogP contribution in [0.5, 0.6) is 0 Å². The van der Waals surface area contributed by atoms with E-state index in [-0.39, 0.29) is 11.9 Å². The molecule has 122 valence electrons. The Labute approximate surface area is 139 Å². The van der Waals surface area contributed by atoms with Crippen molar-refractivity contribution in [2.24, 2.45) is 0 Å². The Morgan fingerprint density at radius 1 is 1.25 bits per heavy atom. The standard InChI is InChI=1S/C18H19N5O/c1-11(17-22-14-4-2-3-5-15(14)23-17)20-18(24)12-6-9-16(19-10-12)21-13-7-8-13/h2-6,9-11,13H,7-8H2,1H3,(H,19,21)(H,20,24)(H,22,23)/t11-/m0/s1. The molecule has 6 heteroatoms. The van der Waals surface area contributed by atoms with Gasteiger partial charge in [0.15, 0.2) is 0 Å². The molecular weight excluding hydrogens is 302 g/mol. The van der Waals surface area contributed by atoms with Crippen LogP contribution in [0.3, 0.4) is 0 Å². The molecule has 0 aliphatic heterocycles. The van der Waals surface area contributed by atoms with Gasteiger partial charge < -0.3 is 15.6 Å². The fourth-order valence-corrected chi connectivity index (χ4v) is 2.58. The lowest BCUT2D eigenvalue weighted by atomic mass is 10.2. The van der Waals surface area contributed by atoms with Gasteiger partial charge in [-0.1, -0.05) is 12.1 Å². The Hall–Kier alpha value is -2.89. The molecule has 2 aromatic heterocycles. The number of amides is 1. The summed E-state index contributed by atoms with van der Waals surface area (Å²) in [4.78, 5) is 24.4. The third-order valence-electron chi connectivity index (χ3n) is 4.12. The zero-order valence-corrected chi connectivity index (χ0v) is 13.4. The van der Waals surface area contributed by atoms with Crippen LogP contribution in [0.4, 0.5) is 5.82 Å². The van der Waals surface area contributed by atoms with E-state index in [1.807, 2.05) is 37.3 Å². The first-order valence-corrected chi connectivity index (χ1v) is 8.17. The summed E-state index contributed by atoms with van der Waals surface area (Å²) in [5.41, 5.74) is 2.40. The molecule has 3 N–H and O–H groups in total. The van der Waals surface area contributed by atoms with Crippen LogP contribution < -0.4 is 10.6 Å². The van der Waals surface area contributed by atoms with E-state index < -0.39 is 0 Å². The van der Waals surface area contributed by atoms with Gasteiger partial charge in [0.1, 0.15) is 11.6 Å². The number of aromatic nitrogens is 3. The summed E-state index contributed by atoms with van der Waals surface area (Å²) < 4.78 is 0. The molecule has 1 saturated carbocycles. The van der Waals surface area contributed by atoms with Crippen molar-refractivity contribution in [3.05, 3.63) is 54.0 Å². The highest BCUT2D eigenvalue weighted by molar-refractivity contribution is 5.94. The van der Waals surface area contributed by atoms with E-state index in [1.54, 1.807) is 12.3 Å². The van der Waals surface area contributed by atoms with Gasteiger partial charge in [-0.3, -0.25) is 4.79 Å². The topological polar surface area (TPSA) is 82.7 Å². The van der Waals surface area contributed by atoms with Crippen molar-refractivity contribution >= 4 is 22.8 Å². The summed E-state index contributed by atoms with van der Waals surface area (Å²) in [6.45, 7) is 1.91. The van der Waals surface area contributed by atoms with Crippen LogP contribution in [0.15, 0.2) is 42.6 Å². The third-order valence-corrected chi connectivity index (χ3v) is 4.12. The number of fused-ring (bicyclic) bond motifs is 1. The quantitative estimate of drug-likeness (QED) is 0.674. The summed E-state index contributed by atoms with van der Waals surface area (Å²) >= 11 is 0. The maximum atomic E-state index is 12.4. The number of carbonyl (C=O) groups is 1. The zero-order chi connectivity index (χ0) is 16.5. The molecule has 1 amide bonds. The van der Waals surface area contributed by atoms with Gasteiger partial charge in [0.05, 0.1) is 22.6 Å². The lowest BCUT2D eigenvalue weighted by Gasteiger charge is -2.11. The van der Waals surface area contributed by atoms with E-state index in [0.29, 0.717) is 11.6 Å². The smallest absolute Gasteiger partial charge is 0.253 e. The number of imidazole rings is 1. The third kappa shape index (κ3) is 3.08. The van der Waals surface area contributed by atoms with E-state index in [0.717, 1.165) is 22.7 Å². The number of rotatable bonds is 5. The average molecular weight is 321 g/mol. The second-order valence-electron chi connectivity index (χ2n) is 6.19. The van der Waals surface area contributed by atoms with Gasteiger partial charge in [-0.2, -0.15) is 0 Å². The lowest BCUT2D eigenvalue weighted by Crippen LogP contribution is -2.27. The maximum Gasteiger partial charge on any atom is 0.253 e. The minimum absolute atomic E-state index is 0.159. The van der Waals surface area contributed by atoms with Crippen LogP contribution in [-0.4, -0.2) is 26.9 Å². The molecule has 0 bridgehead atoms. The molecule has 0 saturated heterocycles. The number of benzene rings is 1. The van der Waals surface area contributed by atoms with Crippen molar-refractivity contribution in [2.45, 2.75) is 31.8 Å². The van der Waals surface area contributed by atoms with Crippen LogP contribution in [0, 0.1) is 0 Å².